The van der Waals surface area contributed by atoms with E-state index in [0.29, 0.717) is 55.2 Å². The summed E-state index contributed by atoms with van der Waals surface area (Å²) < 4.78 is 28.6. The number of carbonyl (C=O) groups excluding carboxylic acids is 1. The second kappa shape index (κ2) is 13.7. The Morgan fingerprint density at radius 2 is 1.77 bits per heavy atom. The molecular weight excluding hydrogens is 681 g/mol. The molecule has 6 rings (SSSR count). The molecule has 0 fully saturated rings. The van der Waals surface area contributed by atoms with E-state index in [1.54, 1.807) is 46.9 Å². The summed E-state index contributed by atoms with van der Waals surface area (Å²) in [5, 5.41) is 1.86. The molecule has 4 aromatic carbocycles. The van der Waals surface area contributed by atoms with E-state index in [9.17, 15) is 14.0 Å². The van der Waals surface area contributed by atoms with E-state index < -0.39 is 6.04 Å². The third kappa shape index (κ3) is 6.15. The van der Waals surface area contributed by atoms with Crippen LogP contribution in [0.2, 0.25) is 0 Å². The minimum absolute atomic E-state index is 0.0781. The second-order valence-electron chi connectivity index (χ2n) is 11.0. The van der Waals surface area contributed by atoms with Crippen LogP contribution in [-0.2, 0) is 11.4 Å². The lowest BCUT2D eigenvalue weighted by Gasteiger charge is -2.30. The number of hydrogen-bond acceptors (Lipinski definition) is 6. The molecule has 1 atom stereocenters. The maximum atomic E-state index is 14.4. The Balaban J connectivity index is 1.48. The minimum atomic E-state index is -0.761. The normalized spacial score (nSPS) is 14.6. The number of likely N-dealkylation sites (N-methyl/N-ethyl adjacent to an activating group) is 1. The van der Waals surface area contributed by atoms with Gasteiger partial charge in [-0.25, -0.2) is 9.38 Å². The third-order valence-electron chi connectivity index (χ3n) is 8.32. The van der Waals surface area contributed by atoms with Gasteiger partial charge in [0.15, 0.2) is 4.80 Å². The largest absolute Gasteiger partial charge is 0.496 e. The fourth-order valence-electron chi connectivity index (χ4n) is 5.93. The van der Waals surface area contributed by atoms with Gasteiger partial charge in [0.25, 0.3) is 11.5 Å². The van der Waals surface area contributed by atoms with Crippen LogP contribution in [0.25, 0.3) is 16.8 Å². The number of benzene rings is 4. The van der Waals surface area contributed by atoms with E-state index in [1.165, 1.54) is 17.4 Å². The first kappa shape index (κ1) is 32.4. The van der Waals surface area contributed by atoms with E-state index in [-0.39, 0.29) is 23.9 Å². The van der Waals surface area contributed by atoms with Crippen LogP contribution in [-0.4, -0.2) is 35.6 Å². The highest BCUT2D eigenvalue weighted by Gasteiger charge is 2.36. The van der Waals surface area contributed by atoms with Crippen molar-refractivity contribution < 1.29 is 18.7 Å². The van der Waals surface area contributed by atoms with Gasteiger partial charge in [-0.05, 0) is 83.4 Å². The zero-order valence-corrected chi connectivity index (χ0v) is 28.8. The molecule has 1 aromatic heterocycles. The molecule has 0 spiro atoms. The average molecular weight is 715 g/mol. The number of methoxy groups -OCH3 is 1. The summed E-state index contributed by atoms with van der Waals surface area (Å²) in [6.07, 6.45) is 1.80. The van der Waals surface area contributed by atoms with Gasteiger partial charge >= 0.3 is 0 Å². The summed E-state index contributed by atoms with van der Waals surface area (Å²) in [4.78, 5) is 35.6. The Morgan fingerprint density at radius 1 is 1.04 bits per heavy atom. The van der Waals surface area contributed by atoms with Gasteiger partial charge in [0.2, 0.25) is 0 Å². The summed E-state index contributed by atoms with van der Waals surface area (Å²) in [6, 6.07) is 23.0. The lowest BCUT2D eigenvalue weighted by molar-refractivity contribution is -0.127. The van der Waals surface area contributed by atoms with Gasteiger partial charge in [0.1, 0.15) is 30.0 Å². The molecule has 240 valence electrons. The van der Waals surface area contributed by atoms with Crippen molar-refractivity contribution in [1.82, 2.24) is 9.47 Å². The van der Waals surface area contributed by atoms with E-state index in [0.717, 1.165) is 21.9 Å². The molecule has 0 saturated carbocycles. The van der Waals surface area contributed by atoms with Gasteiger partial charge in [-0.2, -0.15) is 0 Å². The van der Waals surface area contributed by atoms with E-state index in [2.05, 4.69) is 15.9 Å². The lowest BCUT2D eigenvalue weighted by atomic mass is 9.90. The number of thiazole rings is 1. The van der Waals surface area contributed by atoms with E-state index in [1.807, 2.05) is 69.3 Å². The molecular formula is C37H33BrFN3O4S. The van der Waals surface area contributed by atoms with Crippen LogP contribution in [0, 0.1) is 5.82 Å². The highest BCUT2D eigenvalue weighted by molar-refractivity contribution is 9.10. The number of hydrogen-bond donors (Lipinski definition) is 0. The number of ether oxygens (including phenoxy) is 2. The predicted octanol–water partition coefficient (Wildman–Crippen LogP) is 6.75. The molecule has 0 saturated heterocycles. The summed E-state index contributed by atoms with van der Waals surface area (Å²) in [5.74, 6) is 0.635. The number of nitrogens with zero attached hydrogens (tertiary/aromatic N) is 3. The van der Waals surface area contributed by atoms with Crippen LogP contribution >= 0.6 is 27.3 Å². The first-order chi connectivity index (χ1) is 22.7. The molecule has 0 N–H and O–H groups in total. The topological polar surface area (TPSA) is 73.1 Å². The van der Waals surface area contributed by atoms with Crippen molar-refractivity contribution in [3.8, 4) is 11.5 Å². The van der Waals surface area contributed by atoms with Crippen LogP contribution in [0.5, 0.6) is 11.5 Å². The van der Waals surface area contributed by atoms with Crippen molar-refractivity contribution in [2.75, 3.05) is 20.2 Å². The zero-order chi connectivity index (χ0) is 33.2. The molecule has 1 amide bonds. The summed E-state index contributed by atoms with van der Waals surface area (Å²) >= 11 is 4.84. The Morgan fingerprint density at radius 3 is 2.49 bits per heavy atom. The van der Waals surface area contributed by atoms with Gasteiger partial charge < -0.3 is 14.4 Å². The maximum absolute atomic E-state index is 14.4. The molecule has 5 aromatic rings. The Hall–Kier alpha value is -4.54. The predicted molar refractivity (Wildman–Crippen MR) is 187 cm³/mol. The molecule has 0 unspecified atom stereocenters. The van der Waals surface area contributed by atoms with Crippen molar-refractivity contribution in [3.63, 3.8) is 0 Å². The monoisotopic (exact) mass is 713 g/mol. The molecule has 10 heteroatoms. The third-order valence-corrected chi connectivity index (χ3v) is 9.92. The van der Waals surface area contributed by atoms with Crippen molar-refractivity contribution in [1.29, 1.82) is 0 Å². The Labute approximate surface area is 284 Å². The number of aromatic nitrogens is 1. The molecule has 0 radical (unpaired) electrons. The van der Waals surface area contributed by atoms with Crippen LogP contribution < -0.4 is 24.4 Å². The number of amides is 1. The highest BCUT2D eigenvalue weighted by Crippen LogP contribution is 2.40. The second-order valence-corrected chi connectivity index (χ2v) is 12.9. The van der Waals surface area contributed by atoms with Crippen molar-refractivity contribution in [2.24, 2.45) is 4.99 Å². The molecule has 0 bridgehead atoms. The number of carbonyl (C=O) groups is 1. The maximum Gasteiger partial charge on any atom is 0.271 e. The van der Waals surface area contributed by atoms with Crippen molar-refractivity contribution >= 4 is 50.0 Å². The SMILES string of the molecule is CCN(CC)C(=O)C1=C(C)N=c2s/c(=C/c3ccc(OCc4ccccc4F)c(Br)c3)c(=O)n2[C@H]1c1c(OC)ccc2ccccc12. The molecule has 1 aliphatic heterocycles. The fourth-order valence-corrected chi connectivity index (χ4v) is 7.49. The Kier molecular flexibility index (Phi) is 9.42. The number of halogens is 2. The van der Waals surface area contributed by atoms with Gasteiger partial charge in [-0.15, -0.1) is 0 Å². The quantitative estimate of drug-likeness (QED) is 0.170. The Bertz CT molecular complexity index is 2220. The smallest absolute Gasteiger partial charge is 0.271 e. The molecule has 0 aliphatic carbocycles. The average Bonchev–Trinajstić information content (AvgIpc) is 3.37. The summed E-state index contributed by atoms with van der Waals surface area (Å²) in [7, 11) is 1.60. The minimum Gasteiger partial charge on any atom is -0.496 e. The van der Waals surface area contributed by atoms with Crippen molar-refractivity contribution in [3.05, 3.63) is 137 Å². The van der Waals surface area contributed by atoms with Crippen molar-refractivity contribution in [2.45, 2.75) is 33.4 Å². The van der Waals surface area contributed by atoms with Gasteiger partial charge in [-0.3, -0.25) is 14.2 Å². The number of rotatable bonds is 9. The van der Waals surface area contributed by atoms with Crippen LogP contribution in [0.1, 0.15) is 43.5 Å². The van der Waals surface area contributed by atoms with E-state index >= 15 is 0 Å². The number of allylic oxidation sites excluding steroid dienone is 1. The zero-order valence-electron chi connectivity index (χ0n) is 26.4. The van der Waals surface area contributed by atoms with Crippen LogP contribution in [0.3, 0.4) is 0 Å². The van der Waals surface area contributed by atoms with E-state index in [4.69, 9.17) is 14.5 Å². The molecule has 47 heavy (non-hydrogen) atoms. The fraction of sp³-hybridized carbons (Fsp3) is 0.216. The van der Waals surface area contributed by atoms with Gasteiger partial charge in [-0.1, -0.05) is 65.9 Å². The molecule has 7 nitrogen and oxygen atoms in total. The first-order valence-electron chi connectivity index (χ1n) is 15.3. The van der Waals surface area contributed by atoms with Gasteiger partial charge in [0.05, 0.1) is 27.4 Å². The van der Waals surface area contributed by atoms with Crippen LogP contribution in [0.4, 0.5) is 4.39 Å². The highest BCUT2D eigenvalue weighted by atomic mass is 79.9. The van der Waals surface area contributed by atoms with Crippen LogP contribution in [0.15, 0.2) is 104 Å². The lowest BCUT2D eigenvalue weighted by Crippen LogP contribution is -2.43. The molecule has 2 heterocycles. The summed E-state index contributed by atoms with van der Waals surface area (Å²) in [5.41, 5.74) is 2.70. The first-order valence-corrected chi connectivity index (χ1v) is 16.9. The summed E-state index contributed by atoms with van der Waals surface area (Å²) in [6.45, 7) is 6.82. The standard InChI is InChI=1S/C37H33BrFN3O4S/c1-5-41(6-2)36(44)32-22(3)40-37-42(34(32)33-26-13-9-7-11-24(26)16-18-30(33)45-4)35(43)31(47-37)20-23-15-17-29(27(38)19-23)46-21-25-12-8-10-14-28(25)39/h7-20,34H,5-6,21H2,1-4H3/b31-20+/t34-/m1/s1. The number of fused-ring (bicyclic) bond motifs is 2. The van der Waals surface area contributed by atoms with Gasteiger partial charge in [0, 0.05) is 24.2 Å². The molecule has 1 aliphatic rings.